The Kier molecular flexibility index (Phi) is 6.04. The monoisotopic (exact) mass is 344 g/mol. The number of benzene rings is 1. The van der Waals surface area contributed by atoms with Gasteiger partial charge in [0, 0.05) is 16.4 Å². The molecule has 19 heavy (non-hydrogen) atoms. The van der Waals surface area contributed by atoms with Crippen LogP contribution >= 0.6 is 27.7 Å². The maximum atomic E-state index is 10.4. The Labute approximate surface area is 123 Å². The van der Waals surface area contributed by atoms with Gasteiger partial charge >= 0.3 is 5.97 Å². The van der Waals surface area contributed by atoms with Gasteiger partial charge in [-0.25, -0.2) is 4.79 Å². The molecule has 1 rings (SSSR count). The number of carboxylic acids is 1. The molecule has 0 radical (unpaired) electrons. The molecular weight excluding hydrogens is 332 g/mol. The maximum Gasteiger partial charge on any atom is 0.341 e. The fourth-order valence-electron chi connectivity index (χ4n) is 1.09. The lowest BCUT2D eigenvalue weighted by atomic mass is 10.3. The van der Waals surface area contributed by atoms with E-state index in [9.17, 15) is 4.79 Å². The average molecular weight is 345 g/mol. The number of ether oxygens (including phenoxy) is 1. The third kappa shape index (κ3) is 5.44. The molecular formula is C12H13BrN2O3S. The standard InChI is InChI=1S/C12H13BrN2O3S/c1-7(14)10(15)6-19-8-2-3-11(9(13)4-8)18-5-12(16)17/h2-4,14-15H,5-6H2,1H3,(H,16,17). The zero-order chi connectivity index (χ0) is 14.4. The zero-order valence-electron chi connectivity index (χ0n) is 10.2. The Morgan fingerprint density at radius 3 is 2.68 bits per heavy atom. The number of carboxylic acid groups (broad SMARTS) is 1. The number of halogens is 1. The number of hydrogen-bond acceptors (Lipinski definition) is 5. The molecule has 0 saturated heterocycles. The number of rotatable bonds is 7. The zero-order valence-corrected chi connectivity index (χ0v) is 12.6. The van der Waals surface area contributed by atoms with E-state index in [1.807, 2.05) is 0 Å². The third-order valence-electron chi connectivity index (χ3n) is 2.09. The fraction of sp³-hybridized carbons (Fsp3) is 0.250. The molecule has 0 aromatic heterocycles. The first-order chi connectivity index (χ1) is 8.90. The molecule has 0 aliphatic rings. The van der Waals surface area contributed by atoms with Gasteiger partial charge in [-0.1, -0.05) is 0 Å². The van der Waals surface area contributed by atoms with E-state index >= 15 is 0 Å². The van der Waals surface area contributed by atoms with Crippen molar-refractivity contribution < 1.29 is 14.6 Å². The summed E-state index contributed by atoms with van der Waals surface area (Å²) in [5, 5.41) is 23.4. The summed E-state index contributed by atoms with van der Waals surface area (Å²) in [6, 6.07) is 5.27. The van der Waals surface area contributed by atoms with Crippen molar-refractivity contribution in [1.82, 2.24) is 0 Å². The van der Waals surface area contributed by atoms with E-state index in [0.29, 0.717) is 16.0 Å². The maximum absolute atomic E-state index is 10.4. The van der Waals surface area contributed by atoms with Crippen LogP contribution in [0, 0.1) is 10.8 Å². The van der Waals surface area contributed by atoms with Gasteiger partial charge in [0.05, 0.1) is 10.2 Å². The van der Waals surface area contributed by atoms with E-state index in [4.69, 9.17) is 20.7 Å². The Morgan fingerprint density at radius 2 is 2.16 bits per heavy atom. The lowest BCUT2D eigenvalue weighted by molar-refractivity contribution is -0.139. The summed E-state index contributed by atoms with van der Waals surface area (Å²) in [6.45, 7) is 1.20. The number of thioether (sulfide) groups is 1. The lowest BCUT2D eigenvalue weighted by Crippen LogP contribution is -2.10. The number of aliphatic carboxylic acids is 1. The molecule has 0 amide bonds. The number of nitrogens with one attached hydrogen (secondary N) is 2. The molecule has 7 heteroatoms. The number of carbonyl (C=O) groups is 1. The highest BCUT2D eigenvalue weighted by molar-refractivity contribution is 9.10. The fourth-order valence-corrected chi connectivity index (χ4v) is 2.63. The van der Waals surface area contributed by atoms with E-state index in [2.05, 4.69) is 15.9 Å². The van der Waals surface area contributed by atoms with Crippen LogP contribution in [0.4, 0.5) is 0 Å². The van der Waals surface area contributed by atoms with Crippen LogP contribution in [0.5, 0.6) is 5.75 Å². The highest BCUT2D eigenvalue weighted by atomic mass is 79.9. The van der Waals surface area contributed by atoms with Crippen LogP contribution in [-0.4, -0.2) is 34.9 Å². The number of hydrogen-bond donors (Lipinski definition) is 3. The van der Waals surface area contributed by atoms with Crippen molar-refractivity contribution in [2.45, 2.75) is 11.8 Å². The smallest absolute Gasteiger partial charge is 0.341 e. The molecule has 0 bridgehead atoms. The van der Waals surface area contributed by atoms with Gasteiger partial charge in [-0.3, -0.25) is 0 Å². The second kappa shape index (κ2) is 7.30. The summed E-state index contributed by atoms with van der Waals surface area (Å²) in [5.74, 6) is -0.137. The second-order valence-electron chi connectivity index (χ2n) is 3.67. The second-order valence-corrected chi connectivity index (χ2v) is 5.57. The first-order valence-corrected chi connectivity index (χ1v) is 7.08. The van der Waals surface area contributed by atoms with Gasteiger partial charge in [0.25, 0.3) is 0 Å². The van der Waals surface area contributed by atoms with E-state index in [-0.39, 0.29) is 18.0 Å². The predicted octanol–water partition coefficient (Wildman–Crippen LogP) is 3.06. The van der Waals surface area contributed by atoms with Gasteiger partial charge in [-0.15, -0.1) is 11.8 Å². The minimum atomic E-state index is -1.03. The van der Waals surface area contributed by atoms with Crippen molar-refractivity contribution >= 4 is 45.1 Å². The molecule has 0 heterocycles. The van der Waals surface area contributed by atoms with Crippen molar-refractivity contribution in [2.24, 2.45) is 0 Å². The van der Waals surface area contributed by atoms with E-state index < -0.39 is 5.97 Å². The Hall–Kier alpha value is -1.34. The summed E-state index contributed by atoms with van der Waals surface area (Å²) < 4.78 is 5.75. The van der Waals surface area contributed by atoms with Crippen molar-refractivity contribution in [3.63, 3.8) is 0 Å². The molecule has 0 aliphatic carbocycles. The summed E-state index contributed by atoms with van der Waals surface area (Å²) in [7, 11) is 0. The van der Waals surface area contributed by atoms with Crippen LogP contribution in [0.3, 0.4) is 0 Å². The van der Waals surface area contributed by atoms with Crippen LogP contribution < -0.4 is 4.74 Å². The van der Waals surface area contributed by atoms with E-state index in [0.717, 1.165) is 4.90 Å². The van der Waals surface area contributed by atoms with Crippen LogP contribution in [0.15, 0.2) is 27.6 Å². The highest BCUT2D eigenvalue weighted by Gasteiger charge is 2.07. The first kappa shape index (κ1) is 15.7. The van der Waals surface area contributed by atoms with Gasteiger partial charge in [0.1, 0.15) is 5.75 Å². The quantitative estimate of drug-likeness (QED) is 0.523. The minimum absolute atomic E-state index is 0.257. The summed E-state index contributed by atoms with van der Waals surface area (Å²) in [5.41, 5.74) is 0.542. The van der Waals surface area contributed by atoms with Gasteiger partial charge in [-0.2, -0.15) is 0 Å². The van der Waals surface area contributed by atoms with Crippen LogP contribution in [0.25, 0.3) is 0 Å². The molecule has 0 fully saturated rings. The Morgan fingerprint density at radius 1 is 1.47 bits per heavy atom. The van der Waals surface area contributed by atoms with Crippen molar-refractivity contribution in [2.75, 3.05) is 12.4 Å². The van der Waals surface area contributed by atoms with Crippen LogP contribution in [0.2, 0.25) is 0 Å². The molecule has 1 aromatic rings. The lowest BCUT2D eigenvalue weighted by Gasteiger charge is -2.08. The first-order valence-electron chi connectivity index (χ1n) is 5.30. The summed E-state index contributed by atoms with van der Waals surface area (Å²) in [6.07, 6.45) is 0. The minimum Gasteiger partial charge on any atom is -0.481 e. The van der Waals surface area contributed by atoms with Crippen molar-refractivity contribution in [3.05, 3.63) is 22.7 Å². The molecule has 102 valence electrons. The van der Waals surface area contributed by atoms with E-state index in [1.54, 1.807) is 25.1 Å². The molecule has 0 aliphatic heterocycles. The largest absolute Gasteiger partial charge is 0.481 e. The molecule has 3 N–H and O–H groups in total. The molecule has 1 aromatic carbocycles. The summed E-state index contributed by atoms with van der Waals surface area (Å²) in [4.78, 5) is 11.3. The molecule has 0 unspecified atom stereocenters. The SMILES string of the molecule is CC(=N)C(=N)CSc1ccc(OCC(=O)O)c(Br)c1. The molecule has 0 atom stereocenters. The Balaban J connectivity index is 2.63. The predicted molar refractivity (Wildman–Crippen MR) is 79.1 cm³/mol. The van der Waals surface area contributed by atoms with Gasteiger partial charge in [-0.05, 0) is 41.1 Å². The molecule has 5 nitrogen and oxygen atoms in total. The van der Waals surface area contributed by atoms with Gasteiger partial charge in [0.2, 0.25) is 0 Å². The normalized spacial score (nSPS) is 10.0. The molecule has 0 saturated carbocycles. The van der Waals surface area contributed by atoms with Gasteiger partial charge in [0.15, 0.2) is 6.61 Å². The topological polar surface area (TPSA) is 94.2 Å². The summed E-state index contributed by atoms with van der Waals surface area (Å²) >= 11 is 4.74. The molecule has 0 spiro atoms. The van der Waals surface area contributed by atoms with Crippen LogP contribution in [0.1, 0.15) is 6.92 Å². The van der Waals surface area contributed by atoms with Crippen LogP contribution in [-0.2, 0) is 4.79 Å². The van der Waals surface area contributed by atoms with Gasteiger partial charge < -0.3 is 20.7 Å². The van der Waals surface area contributed by atoms with Crippen molar-refractivity contribution in [3.8, 4) is 5.75 Å². The third-order valence-corrected chi connectivity index (χ3v) is 3.73. The van der Waals surface area contributed by atoms with E-state index in [1.165, 1.54) is 11.8 Å². The highest BCUT2D eigenvalue weighted by Crippen LogP contribution is 2.30. The average Bonchev–Trinajstić information content (AvgIpc) is 2.34. The Bertz CT molecular complexity index is 520. The van der Waals surface area contributed by atoms with Crippen molar-refractivity contribution in [1.29, 1.82) is 10.8 Å².